The summed E-state index contributed by atoms with van der Waals surface area (Å²) in [5, 5.41) is 3.38. The Kier molecular flexibility index (Phi) is 3.29. The van der Waals surface area contributed by atoms with Crippen molar-refractivity contribution in [3.63, 3.8) is 0 Å². The molecule has 86 valence electrons. The molecule has 0 heterocycles. The van der Waals surface area contributed by atoms with Crippen LogP contribution in [0.1, 0.15) is 45.4 Å². The zero-order valence-electron chi connectivity index (χ0n) is 9.83. The fraction of sp³-hybridized carbons (Fsp3) is 0.917. The maximum Gasteiger partial charge on any atom is 0.219 e. The maximum absolute atomic E-state index is 11.7. The molecule has 3 nitrogen and oxygen atoms in total. The Bertz CT molecular complexity index is 238. The summed E-state index contributed by atoms with van der Waals surface area (Å²) in [6.45, 7) is 1.72. The van der Waals surface area contributed by atoms with Crippen molar-refractivity contribution >= 4 is 5.91 Å². The summed E-state index contributed by atoms with van der Waals surface area (Å²) < 4.78 is 0. The first-order valence-corrected chi connectivity index (χ1v) is 6.20. The van der Waals surface area contributed by atoms with E-state index in [0.717, 1.165) is 0 Å². The molecule has 2 fully saturated rings. The molecule has 3 heteroatoms. The normalized spacial score (nSPS) is 31.3. The van der Waals surface area contributed by atoms with Crippen molar-refractivity contribution in [2.45, 2.75) is 63.6 Å². The molecule has 0 radical (unpaired) electrons. The summed E-state index contributed by atoms with van der Waals surface area (Å²) in [5.74, 6) is 0.268. The van der Waals surface area contributed by atoms with Crippen LogP contribution in [0.2, 0.25) is 0 Å². The monoisotopic (exact) mass is 210 g/mol. The topological polar surface area (TPSA) is 32.3 Å². The number of amides is 1. The molecule has 0 spiro atoms. The fourth-order valence-corrected chi connectivity index (χ4v) is 2.90. The van der Waals surface area contributed by atoms with E-state index < -0.39 is 0 Å². The van der Waals surface area contributed by atoms with Gasteiger partial charge in [-0.2, -0.15) is 0 Å². The summed E-state index contributed by atoms with van der Waals surface area (Å²) in [4.78, 5) is 13.8. The van der Waals surface area contributed by atoms with Crippen molar-refractivity contribution in [1.29, 1.82) is 0 Å². The van der Waals surface area contributed by atoms with Crippen LogP contribution in [0.15, 0.2) is 0 Å². The molecule has 2 saturated carbocycles. The molecule has 0 unspecified atom stereocenters. The minimum atomic E-state index is 0.268. The molecule has 2 atom stereocenters. The molecular formula is C12H22N2O. The van der Waals surface area contributed by atoms with Crippen LogP contribution in [-0.4, -0.2) is 36.0 Å². The molecule has 0 aromatic carbocycles. The highest BCUT2D eigenvalue weighted by Crippen LogP contribution is 2.33. The molecule has 2 aliphatic carbocycles. The van der Waals surface area contributed by atoms with E-state index in [4.69, 9.17) is 0 Å². The van der Waals surface area contributed by atoms with Gasteiger partial charge in [-0.1, -0.05) is 12.8 Å². The molecular weight excluding hydrogens is 188 g/mol. The van der Waals surface area contributed by atoms with Crippen LogP contribution in [0, 0.1) is 0 Å². The van der Waals surface area contributed by atoms with Crippen molar-refractivity contribution in [2.75, 3.05) is 7.05 Å². The number of hydrogen-bond donors (Lipinski definition) is 1. The van der Waals surface area contributed by atoms with Crippen molar-refractivity contribution in [3.8, 4) is 0 Å². The lowest BCUT2D eigenvalue weighted by Crippen LogP contribution is -2.53. The van der Waals surface area contributed by atoms with Crippen LogP contribution in [-0.2, 0) is 4.79 Å². The first-order valence-electron chi connectivity index (χ1n) is 6.20. The lowest BCUT2D eigenvalue weighted by molar-refractivity contribution is -0.133. The molecule has 1 N–H and O–H groups in total. The Morgan fingerprint density at radius 1 is 1.20 bits per heavy atom. The van der Waals surface area contributed by atoms with Crippen LogP contribution in [0.3, 0.4) is 0 Å². The highest BCUT2D eigenvalue weighted by Gasteiger charge is 2.39. The van der Waals surface area contributed by atoms with E-state index in [1.807, 2.05) is 7.05 Å². The minimum absolute atomic E-state index is 0.268. The summed E-state index contributed by atoms with van der Waals surface area (Å²) in [6.07, 6.45) is 7.41. The number of nitrogens with zero attached hydrogens (tertiary/aromatic N) is 1. The highest BCUT2D eigenvalue weighted by atomic mass is 16.2. The van der Waals surface area contributed by atoms with Crippen LogP contribution in [0.25, 0.3) is 0 Å². The zero-order chi connectivity index (χ0) is 10.8. The Morgan fingerprint density at radius 2 is 1.87 bits per heavy atom. The summed E-state index contributed by atoms with van der Waals surface area (Å²) in [6, 6.07) is 1.53. The number of carbonyl (C=O) groups is 1. The highest BCUT2D eigenvalue weighted by molar-refractivity contribution is 5.74. The summed E-state index contributed by atoms with van der Waals surface area (Å²) >= 11 is 0. The average molecular weight is 210 g/mol. The standard InChI is InChI=1S/C12H22N2O/c1-9(15)14(10-7-8-10)12-6-4-3-5-11(12)13-2/h10-13H,3-8H2,1-2H3/t11-,12-/m1/s1. The predicted molar refractivity (Wildman–Crippen MR) is 60.6 cm³/mol. The molecule has 0 aliphatic heterocycles. The second-order valence-corrected chi connectivity index (χ2v) is 4.90. The van der Waals surface area contributed by atoms with Gasteiger partial charge in [0.25, 0.3) is 0 Å². The molecule has 1 amide bonds. The van der Waals surface area contributed by atoms with Gasteiger partial charge in [-0.15, -0.1) is 0 Å². The number of carbonyl (C=O) groups excluding carboxylic acids is 1. The molecule has 2 rings (SSSR count). The van der Waals surface area contributed by atoms with Crippen molar-refractivity contribution in [2.24, 2.45) is 0 Å². The molecule has 0 aromatic heterocycles. The average Bonchev–Trinajstić information content (AvgIpc) is 3.03. The van der Waals surface area contributed by atoms with Gasteiger partial charge in [-0.25, -0.2) is 0 Å². The predicted octanol–water partition coefficient (Wildman–Crippen LogP) is 1.53. The smallest absolute Gasteiger partial charge is 0.219 e. The summed E-state index contributed by atoms with van der Waals surface area (Å²) in [7, 11) is 2.02. The second kappa shape index (κ2) is 4.52. The zero-order valence-corrected chi connectivity index (χ0v) is 9.83. The van der Waals surface area contributed by atoms with E-state index in [1.165, 1.54) is 38.5 Å². The third-order valence-electron chi connectivity index (χ3n) is 3.76. The van der Waals surface area contributed by atoms with Gasteiger partial charge in [0, 0.05) is 25.0 Å². The first kappa shape index (κ1) is 10.9. The van der Waals surface area contributed by atoms with E-state index >= 15 is 0 Å². The quantitative estimate of drug-likeness (QED) is 0.766. The van der Waals surface area contributed by atoms with Gasteiger partial charge in [0.2, 0.25) is 5.91 Å². The molecule has 0 aromatic rings. The van der Waals surface area contributed by atoms with Gasteiger partial charge in [0.05, 0.1) is 0 Å². The lowest BCUT2D eigenvalue weighted by atomic mass is 9.89. The van der Waals surface area contributed by atoms with Crippen LogP contribution < -0.4 is 5.32 Å². The van der Waals surface area contributed by atoms with Gasteiger partial charge in [0.1, 0.15) is 0 Å². The maximum atomic E-state index is 11.7. The van der Waals surface area contributed by atoms with Crippen molar-refractivity contribution < 1.29 is 4.79 Å². The Balaban J connectivity index is 2.06. The van der Waals surface area contributed by atoms with Crippen molar-refractivity contribution in [3.05, 3.63) is 0 Å². The number of hydrogen-bond acceptors (Lipinski definition) is 2. The van der Waals surface area contributed by atoms with Gasteiger partial charge in [-0.3, -0.25) is 4.79 Å². The van der Waals surface area contributed by atoms with Gasteiger partial charge < -0.3 is 10.2 Å². The number of nitrogens with one attached hydrogen (secondary N) is 1. The largest absolute Gasteiger partial charge is 0.335 e. The molecule has 0 bridgehead atoms. The minimum Gasteiger partial charge on any atom is -0.335 e. The molecule has 0 saturated heterocycles. The van der Waals surface area contributed by atoms with Gasteiger partial charge in [-0.05, 0) is 32.7 Å². The van der Waals surface area contributed by atoms with E-state index in [-0.39, 0.29) is 5.91 Å². The van der Waals surface area contributed by atoms with Gasteiger partial charge >= 0.3 is 0 Å². The summed E-state index contributed by atoms with van der Waals surface area (Å²) in [5.41, 5.74) is 0. The van der Waals surface area contributed by atoms with Crippen LogP contribution in [0.4, 0.5) is 0 Å². The van der Waals surface area contributed by atoms with Crippen LogP contribution in [0.5, 0.6) is 0 Å². The SMILES string of the molecule is CN[C@@H]1CCCC[C@H]1N(C(C)=O)C1CC1. The van der Waals surface area contributed by atoms with Crippen LogP contribution >= 0.6 is 0 Å². The Hall–Kier alpha value is -0.570. The second-order valence-electron chi connectivity index (χ2n) is 4.90. The molecule has 15 heavy (non-hydrogen) atoms. The van der Waals surface area contributed by atoms with E-state index in [0.29, 0.717) is 18.1 Å². The fourth-order valence-electron chi connectivity index (χ4n) is 2.90. The third kappa shape index (κ3) is 2.33. The molecule has 2 aliphatic rings. The van der Waals surface area contributed by atoms with Gasteiger partial charge in [0.15, 0.2) is 0 Å². The third-order valence-corrected chi connectivity index (χ3v) is 3.76. The first-order chi connectivity index (χ1) is 7.24. The van der Waals surface area contributed by atoms with E-state index in [1.54, 1.807) is 6.92 Å². The number of rotatable bonds is 3. The Labute approximate surface area is 92.2 Å². The Morgan fingerprint density at radius 3 is 2.40 bits per heavy atom. The van der Waals surface area contributed by atoms with E-state index in [9.17, 15) is 4.79 Å². The van der Waals surface area contributed by atoms with Crippen molar-refractivity contribution in [1.82, 2.24) is 10.2 Å². The number of likely N-dealkylation sites (N-methyl/N-ethyl adjacent to an activating group) is 1. The lowest BCUT2D eigenvalue weighted by Gasteiger charge is -2.39. The van der Waals surface area contributed by atoms with E-state index in [2.05, 4.69) is 10.2 Å².